The van der Waals surface area contributed by atoms with Gasteiger partial charge in [-0.25, -0.2) is 0 Å². The van der Waals surface area contributed by atoms with Gasteiger partial charge in [0.2, 0.25) is 0 Å². The maximum atomic E-state index is 12.6. The van der Waals surface area contributed by atoms with Crippen molar-refractivity contribution in [1.82, 2.24) is 9.78 Å². The predicted octanol–water partition coefficient (Wildman–Crippen LogP) is 2.69. The van der Waals surface area contributed by atoms with E-state index in [1.165, 1.54) is 0 Å². The number of hydrogen-bond acceptors (Lipinski definition) is 2. The Balaban J connectivity index is 2.28. The molecule has 1 heterocycles. The Morgan fingerprint density at radius 1 is 1.50 bits per heavy atom. The number of aromatic nitrogens is 2. The Labute approximate surface area is 90.5 Å². The number of nitriles is 1. The highest BCUT2D eigenvalue weighted by Crippen LogP contribution is 2.41. The predicted molar refractivity (Wildman–Crippen MR) is 49.4 cm³/mol. The van der Waals surface area contributed by atoms with Crippen molar-refractivity contribution in [3.05, 3.63) is 17.5 Å². The van der Waals surface area contributed by atoms with E-state index in [9.17, 15) is 13.2 Å². The fourth-order valence-electron chi connectivity index (χ4n) is 1.57. The molecule has 0 bridgehead atoms. The van der Waals surface area contributed by atoms with Crippen LogP contribution in [0.1, 0.15) is 36.6 Å². The van der Waals surface area contributed by atoms with Crippen LogP contribution in [0.25, 0.3) is 0 Å². The summed E-state index contributed by atoms with van der Waals surface area (Å²) in [6, 6.07) is 2.93. The van der Waals surface area contributed by atoms with Gasteiger partial charge in [-0.05, 0) is 18.9 Å². The number of aryl methyl sites for hydroxylation is 1. The van der Waals surface area contributed by atoms with E-state index in [1.54, 1.807) is 0 Å². The third kappa shape index (κ3) is 2.18. The van der Waals surface area contributed by atoms with E-state index in [4.69, 9.17) is 5.26 Å². The molecule has 0 saturated heterocycles. The van der Waals surface area contributed by atoms with Crippen LogP contribution in [0.3, 0.4) is 0 Å². The molecule has 1 fully saturated rings. The lowest BCUT2D eigenvalue weighted by Gasteiger charge is -2.07. The SMILES string of the molecule is N#CCCn1nc(C2CC2)cc1C(F)(F)F. The second-order valence-electron chi connectivity index (χ2n) is 3.86. The number of rotatable bonds is 3. The van der Waals surface area contributed by atoms with Gasteiger partial charge in [0, 0.05) is 5.92 Å². The highest BCUT2D eigenvalue weighted by atomic mass is 19.4. The van der Waals surface area contributed by atoms with Crippen molar-refractivity contribution in [3.63, 3.8) is 0 Å². The van der Waals surface area contributed by atoms with Crippen LogP contribution >= 0.6 is 0 Å². The molecule has 0 aliphatic heterocycles. The minimum atomic E-state index is -4.39. The monoisotopic (exact) mass is 229 g/mol. The molecule has 6 heteroatoms. The zero-order valence-electron chi connectivity index (χ0n) is 8.46. The van der Waals surface area contributed by atoms with Gasteiger partial charge in [0.25, 0.3) is 0 Å². The summed E-state index contributed by atoms with van der Waals surface area (Å²) < 4.78 is 38.8. The fourth-order valence-corrected chi connectivity index (χ4v) is 1.57. The topological polar surface area (TPSA) is 41.6 Å². The van der Waals surface area contributed by atoms with E-state index in [-0.39, 0.29) is 18.9 Å². The molecule has 0 aromatic carbocycles. The summed E-state index contributed by atoms with van der Waals surface area (Å²) in [7, 11) is 0. The average molecular weight is 229 g/mol. The molecule has 0 N–H and O–H groups in total. The maximum absolute atomic E-state index is 12.6. The lowest BCUT2D eigenvalue weighted by atomic mass is 10.2. The highest BCUT2D eigenvalue weighted by Gasteiger charge is 2.38. The Hall–Kier alpha value is -1.51. The summed E-state index contributed by atoms with van der Waals surface area (Å²) in [6.45, 7) is -0.00192. The Kier molecular flexibility index (Phi) is 2.62. The minimum Gasteiger partial charge on any atom is -0.259 e. The molecule has 1 aromatic heterocycles. The van der Waals surface area contributed by atoms with E-state index < -0.39 is 11.9 Å². The Morgan fingerprint density at radius 3 is 2.69 bits per heavy atom. The van der Waals surface area contributed by atoms with Gasteiger partial charge in [-0.1, -0.05) is 0 Å². The van der Waals surface area contributed by atoms with E-state index in [1.807, 2.05) is 6.07 Å². The average Bonchev–Trinajstić information content (AvgIpc) is 2.94. The van der Waals surface area contributed by atoms with Crippen LogP contribution in [0, 0.1) is 11.3 Å². The molecule has 1 saturated carbocycles. The van der Waals surface area contributed by atoms with Crippen molar-refractivity contribution in [1.29, 1.82) is 5.26 Å². The summed E-state index contributed by atoms with van der Waals surface area (Å²) in [6.07, 6.45) is -2.54. The molecule has 3 nitrogen and oxygen atoms in total. The van der Waals surface area contributed by atoms with Crippen LogP contribution in [0.2, 0.25) is 0 Å². The first kappa shape index (κ1) is 11.0. The van der Waals surface area contributed by atoms with E-state index in [0.717, 1.165) is 23.6 Å². The minimum absolute atomic E-state index is 0.00192. The molecule has 0 amide bonds. The lowest BCUT2D eigenvalue weighted by molar-refractivity contribution is -0.144. The number of hydrogen-bond donors (Lipinski definition) is 0. The summed E-state index contributed by atoms with van der Waals surface area (Å²) in [5.74, 6) is 0.185. The van der Waals surface area contributed by atoms with Crippen molar-refractivity contribution in [2.24, 2.45) is 0 Å². The molecule has 0 spiro atoms. The van der Waals surface area contributed by atoms with Crippen LogP contribution < -0.4 is 0 Å². The molecular weight excluding hydrogens is 219 g/mol. The smallest absolute Gasteiger partial charge is 0.259 e. The maximum Gasteiger partial charge on any atom is 0.433 e. The Morgan fingerprint density at radius 2 is 2.19 bits per heavy atom. The fraction of sp³-hybridized carbons (Fsp3) is 0.600. The van der Waals surface area contributed by atoms with Crippen LogP contribution in [-0.2, 0) is 12.7 Å². The molecule has 1 aliphatic carbocycles. The second-order valence-corrected chi connectivity index (χ2v) is 3.86. The first-order valence-electron chi connectivity index (χ1n) is 5.04. The lowest BCUT2D eigenvalue weighted by Crippen LogP contribution is -2.14. The van der Waals surface area contributed by atoms with Gasteiger partial charge in [0.05, 0.1) is 24.7 Å². The van der Waals surface area contributed by atoms with Gasteiger partial charge in [-0.3, -0.25) is 4.68 Å². The number of nitrogens with zero attached hydrogens (tertiary/aromatic N) is 3. The molecule has 1 aliphatic rings. The van der Waals surface area contributed by atoms with Gasteiger partial charge >= 0.3 is 6.18 Å². The molecule has 86 valence electrons. The third-order valence-electron chi connectivity index (χ3n) is 2.52. The van der Waals surface area contributed by atoms with Crippen LogP contribution in [0.4, 0.5) is 13.2 Å². The standard InChI is InChI=1S/C10H10F3N3/c11-10(12,13)9-6-8(7-2-3-7)15-16(9)5-1-4-14/h6-7H,1-3,5H2. The number of halogens is 3. The molecule has 0 unspecified atom stereocenters. The largest absolute Gasteiger partial charge is 0.433 e. The zero-order valence-corrected chi connectivity index (χ0v) is 8.46. The molecule has 0 atom stereocenters. The highest BCUT2D eigenvalue weighted by molar-refractivity contribution is 5.20. The summed E-state index contributed by atoms with van der Waals surface area (Å²) in [5.41, 5.74) is -0.241. The van der Waals surface area contributed by atoms with Crippen molar-refractivity contribution in [2.75, 3.05) is 0 Å². The first-order valence-corrected chi connectivity index (χ1v) is 5.04. The van der Waals surface area contributed by atoms with Crippen molar-refractivity contribution in [2.45, 2.75) is 37.9 Å². The summed E-state index contributed by atoms with van der Waals surface area (Å²) in [4.78, 5) is 0. The van der Waals surface area contributed by atoms with Gasteiger partial charge in [-0.15, -0.1) is 0 Å². The van der Waals surface area contributed by atoms with Gasteiger partial charge in [-0.2, -0.15) is 23.5 Å². The van der Waals surface area contributed by atoms with Crippen molar-refractivity contribution in [3.8, 4) is 6.07 Å². The van der Waals surface area contributed by atoms with Crippen LogP contribution in [0.5, 0.6) is 0 Å². The summed E-state index contributed by atoms with van der Waals surface area (Å²) in [5, 5.41) is 12.3. The molecule has 1 aromatic rings. The second kappa shape index (κ2) is 3.81. The van der Waals surface area contributed by atoms with Crippen molar-refractivity contribution < 1.29 is 13.2 Å². The van der Waals surface area contributed by atoms with Gasteiger partial charge in [0.15, 0.2) is 0 Å². The van der Waals surface area contributed by atoms with Gasteiger partial charge < -0.3 is 0 Å². The van der Waals surface area contributed by atoms with Gasteiger partial charge in [0.1, 0.15) is 5.69 Å². The third-order valence-corrected chi connectivity index (χ3v) is 2.52. The quantitative estimate of drug-likeness (QED) is 0.799. The molecule has 2 rings (SSSR count). The van der Waals surface area contributed by atoms with Crippen LogP contribution in [0.15, 0.2) is 6.07 Å². The van der Waals surface area contributed by atoms with Crippen LogP contribution in [-0.4, -0.2) is 9.78 Å². The normalized spacial score (nSPS) is 16.1. The molecule has 0 radical (unpaired) electrons. The molecule has 16 heavy (non-hydrogen) atoms. The van der Waals surface area contributed by atoms with E-state index >= 15 is 0 Å². The van der Waals surface area contributed by atoms with E-state index in [0.29, 0.717) is 5.69 Å². The Bertz CT molecular complexity index is 423. The van der Waals surface area contributed by atoms with E-state index in [2.05, 4.69) is 5.10 Å². The molecular formula is C10H10F3N3. The number of alkyl halides is 3. The summed E-state index contributed by atoms with van der Waals surface area (Å²) >= 11 is 0. The first-order chi connectivity index (χ1) is 7.52. The zero-order chi connectivity index (χ0) is 11.8. The van der Waals surface area contributed by atoms with Crippen molar-refractivity contribution >= 4 is 0 Å².